The van der Waals surface area contributed by atoms with E-state index < -0.39 is 0 Å². The quantitative estimate of drug-likeness (QED) is 0.816. The molecule has 0 bridgehead atoms. The lowest BCUT2D eigenvalue weighted by Crippen LogP contribution is -2.38. The predicted octanol–water partition coefficient (Wildman–Crippen LogP) is 2.79. The number of benzene rings is 1. The molecule has 0 saturated heterocycles. The normalized spacial score (nSPS) is 18.2. The Morgan fingerprint density at radius 2 is 2.12 bits per heavy atom. The summed E-state index contributed by atoms with van der Waals surface area (Å²) in [5, 5.41) is 6.51. The molecular weight excluding hydrogens is 240 g/mol. The fourth-order valence-corrected chi connectivity index (χ4v) is 2.00. The average Bonchev–Trinajstić information content (AvgIpc) is 2.83. The van der Waals surface area contributed by atoms with Crippen molar-refractivity contribution in [2.75, 3.05) is 5.32 Å². The maximum absolute atomic E-state index is 11.9. The third-order valence-electron chi connectivity index (χ3n) is 2.63. The smallest absolute Gasteiger partial charge is 0.255 e. The second-order valence-electron chi connectivity index (χ2n) is 3.76. The molecule has 1 aromatic heterocycles. The van der Waals surface area contributed by atoms with Crippen LogP contribution in [0.25, 0.3) is 0 Å². The van der Waals surface area contributed by atoms with Gasteiger partial charge in [0.05, 0.1) is 11.8 Å². The summed E-state index contributed by atoms with van der Waals surface area (Å²) in [7, 11) is 0. The maximum Gasteiger partial charge on any atom is 0.255 e. The first-order chi connectivity index (χ1) is 8.24. The Morgan fingerprint density at radius 3 is 2.88 bits per heavy atom. The van der Waals surface area contributed by atoms with Crippen LogP contribution < -0.4 is 10.6 Å². The van der Waals surface area contributed by atoms with Gasteiger partial charge in [-0.05, 0) is 30.3 Å². The van der Waals surface area contributed by atoms with Crippen molar-refractivity contribution in [3.63, 3.8) is 0 Å². The number of anilines is 1. The Kier molecular flexibility index (Phi) is 2.30. The molecule has 1 aromatic carbocycles. The molecule has 86 valence electrons. The van der Waals surface area contributed by atoms with Crippen molar-refractivity contribution >= 4 is 23.2 Å². The number of amides is 1. The van der Waals surface area contributed by atoms with Crippen LogP contribution in [0.2, 0.25) is 5.02 Å². The average molecular weight is 249 g/mol. The molecule has 1 amide bonds. The van der Waals surface area contributed by atoms with Crippen LogP contribution in [0.5, 0.6) is 0 Å². The van der Waals surface area contributed by atoms with Crippen LogP contribution in [-0.4, -0.2) is 5.91 Å². The number of rotatable bonds is 1. The summed E-state index contributed by atoms with van der Waals surface area (Å²) in [6.07, 6.45) is 1.23. The second kappa shape index (κ2) is 3.82. The zero-order valence-corrected chi connectivity index (χ0v) is 9.49. The molecule has 3 rings (SSSR count). The van der Waals surface area contributed by atoms with Crippen molar-refractivity contribution in [3.8, 4) is 0 Å². The Bertz CT molecular complexity index is 566. The summed E-state index contributed by atoms with van der Waals surface area (Å²) in [6.45, 7) is 0. The first-order valence-electron chi connectivity index (χ1n) is 5.14. The minimum Gasteiger partial charge on any atom is -0.465 e. The minimum absolute atomic E-state index is 0.164. The zero-order valence-electron chi connectivity index (χ0n) is 8.74. The van der Waals surface area contributed by atoms with E-state index in [9.17, 15) is 4.79 Å². The van der Waals surface area contributed by atoms with Gasteiger partial charge in [0.25, 0.3) is 5.91 Å². The molecule has 0 saturated carbocycles. The Morgan fingerprint density at radius 1 is 1.24 bits per heavy atom. The Balaban J connectivity index is 1.99. The molecule has 5 heteroatoms. The monoisotopic (exact) mass is 248 g/mol. The van der Waals surface area contributed by atoms with E-state index in [0.29, 0.717) is 16.3 Å². The van der Waals surface area contributed by atoms with Gasteiger partial charge >= 0.3 is 0 Å². The van der Waals surface area contributed by atoms with Gasteiger partial charge in [-0.3, -0.25) is 4.79 Å². The van der Waals surface area contributed by atoms with E-state index in [0.717, 1.165) is 5.69 Å². The van der Waals surface area contributed by atoms with E-state index in [1.165, 1.54) is 0 Å². The number of carbonyl (C=O) groups excluding carboxylic acids is 1. The lowest BCUT2D eigenvalue weighted by atomic mass is 10.1. The van der Waals surface area contributed by atoms with Crippen LogP contribution in [0, 0.1) is 0 Å². The largest absolute Gasteiger partial charge is 0.465 e. The topological polar surface area (TPSA) is 54.3 Å². The SMILES string of the molecule is O=C1NC(c2ccco2)Nc2ccc(Cl)cc21. The number of carbonyl (C=O) groups is 1. The van der Waals surface area contributed by atoms with E-state index in [4.69, 9.17) is 16.0 Å². The van der Waals surface area contributed by atoms with E-state index >= 15 is 0 Å². The van der Waals surface area contributed by atoms with Gasteiger partial charge in [-0.15, -0.1) is 0 Å². The molecular formula is C12H9ClN2O2. The number of fused-ring (bicyclic) bond motifs is 1. The first kappa shape index (κ1) is 10.2. The van der Waals surface area contributed by atoms with Gasteiger partial charge in [-0.25, -0.2) is 0 Å². The third-order valence-corrected chi connectivity index (χ3v) is 2.86. The molecule has 0 spiro atoms. The molecule has 2 heterocycles. The molecule has 1 atom stereocenters. The summed E-state index contributed by atoms with van der Waals surface area (Å²) in [5.41, 5.74) is 1.29. The van der Waals surface area contributed by atoms with Crippen molar-refractivity contribution in [1.82, 2.24) is 5.32 Å². The second-order valence-corrected chi connectivity index (χ2v) is 4.19. The lowest BCUT2D eigenvalue weighted by Gasteiger charge is -2.26. The van der Waals surface area contributed by atoms with Gasteiger partial charge in [0, 0.05) is 10.7 Å². The number of hydrogen-bond acceptors (Lipinski definition) is 3. The van der Waals surface area contributed by atoms with Crippen LogP contribution in [-0.2, 0) is 0 Å². The standard InChI is InChI=1S/C12H9ClN2O2/c13-7-3-4-9-8(6-7)12(16)15-11(14-9)10-2-1-5-17-10/h1-6,11,14H,(H,15,16). The molecule has 4 nitrogen and oxygen atoms in total. The van der Waals surface area contributed by atoms with Crippen molar-refractivity contribution in [3.05, 3.63) is 52.9 Å². The number of hydrogen-bond donors (Lipinski definition) is 2. The predicted molar refractivity (Wildman–Crippen MR) is 64.0 cm³/mol. The van der Waals surface area contributed by atoms with Gasteiger partial charge in [0.15, 0.2) is 6.17 Å². The van der Waals surface area contributed by atoms with E-state index in [1.54, 1.807) is 36.6 Å². The van der Waals surface area contributed by atoms with E-state index in [2.05, 4.69) is 10.6 Å². The number of furan rings is 1. The molecule has 1 aliphatic rings. The molecule has 2 N–H and O–H groups in total. The van der Waals surface area contributed by atoms with Gasteiger partial charge < -0.3 is 15.1 Å². The van der Waals surface area contributed by atoms with Gasteiger partial charge in [-0.2, -0.15) is 0 Å². The minimum atomic E-state index is -0.342. The highest BCUT2D eigenvalue weighted by molar-refractivity contribution is 6.31. The highest BCUT2D eigenvalue weighted by Gasteiger charge is 2.26. The van der Waals surface area contributed by atoms with Crippen LogP contribution in [0.15, 0.2) is 41.0 Å². The van der Waals surface area contributed by atoms with Gasteiger partial charge in [-0.1, -0.05) is 11.6 Å². The lowest BCUT2D eigenvalue weighted by molar-refractivity contribution is 0.0931. The summed E-state index contributed by atoms with van der Waals surface area (Å²) in [5.74, 6) is 0.501. The first-order valence-corrected chi connectivity index (χ1v) is 5.52. The van der Waals surface area contributed by atoms with E-state index in [-0.39, 0.29) is 12.1 Å². The Hall–Kier alpha value is -1.94. The summed E-state index contributed by atoms with van der Waals surface area (Å²) in [6, 6.07) is 8.74. The molecule has 17 heavy (non-hydrogen) atoms. The fraction of sp³-hybridized carbons (Fsp3) is 0.0833. The molecule has 0 fully saturated rings. The number of halogens is 1. The molecule has 1 aliphatic heterocycles. The highest BCUT2D eigenvalue weighted by atomic mass is 35.5. The van der Waals surface area contributed by atoms with Crippen LogP contribution in [0.4, 0.5) is 5.69 Å². The van der Waals surface area contributed by atoms with Crippen LogP contribution >= 0.6 is 11.6 Å². The molecule has 1 unspecified atom stereocenters. The summed E-state index contributed by atoms with van der Waals surface area (Å²) < 4.78 is 5.26. The number of nitrogens with one attached hydrogen (secondary N) is 2. The van der Waals surface area contributed by atoms with Crippen molar-refractivity contribution in [2.45, 2.75) is 6.17 Å². The zero-order chi connectivity index (χ0) is 11.8. The van der Waals surface area contributed by atoms with Gasteiger partial charge in [0.2, 0.25) is 0 Å². The van der Waals surface area contributed by atoms with Crippen molar-refractivity contribution in [2.24, 2.45) is 0 Å². The van der Waals surface area contributed by atoms with Gasteiger partial charge in [0.1, 0.15) is 5.76 Å². The van der Waals surface area contributed by atoms with Crippen LogP contribution in [0.1, 0.15) is 22.3 Å². The van der Waals surface area contributed by atoms with Crippen molar-refractivity contribution < 1.29 is 9.21 Å². The van der Waals surface area contributed by atoms with E-state index in [1.807, 2.05) is 0 Å². The van der Waals surface area contributed by atoms with Crippen LogP contribution in [0.3, 0.4) is 0 Å². The highest BCUT2D eigenvalue weighted by Crippen LogP contribution is 2.28. The third kappa shape index (κ3) is 1.76. The van der Waals surface area contributed by atoms with Crippen molar-refractivity contribution in [1.29, 1.82) is 0 Å². The molecule has 2 aromatic rings. The summed E-state index contributed by atoms with van der Waals surface area (Å²) in [4.78, 5) is 11.9. The summed E-state index contributed by atoms with van der Waals surface area (Å²) >= 11 is 5.85. The maximum atomic E-state index is 11.9. The fourth-order valence-electron chi connectivity index (χ4n) is 1.83. The Labute approximate surface area is 103 Å². The molecule has 0 aliphatic carbocycles. The molecule has 0 radical (unpaired) electrons.